The number of nitrogens with zero attached hydrogens (tertiary/aromatic N) is 1. The van der Waals surface area contributed by atoms with Crippen LogP contribution in [0.15, 0.2) is 0 Å². The van der Waals surface area contributed by atoms with Gasteiger partial charge in [0, 0.05) is 13.2 Å². The number of rotatable bonds is 7. The van der Waals surface area contributed by atoms with Crippen LogP contribution in [0.1, 0.15) is 61.8 Å². The van der Waals surface area contributed by atoms with Crippen LogP contribution in [0.25, 0.3) is 0 Å². The standard InChI is InChI=1S/C20H41NO5Si/c1-18(2,3)26-17(22)21-16(15-24-20(21,7)8)14-23-12-11-13-25-27(9,10)19(4,5)6/h16H,11-15H2,1-10H3/t16-/m1/s1. The van der Waals surface area contributed by atoms with Crippen molar-refractivity contribution >= 4 is 14.4 Å². The molecule has 1 fully saturated rings. The highest BCUT2D eigenvalue weighted by Gasteiger charge is 2.45. The molecular weight excluding hydrogens is 362 g/mol. The predicted octanol–water partition coefficient (Wildman–Crippen LogP) is 4.79. The molecule has 1 amide bonds. The van der Waals surface area contributed by atoms with E-state index >= 15 is 0 Å². The van der Waals surface area contributed by atoms with Gasteiger partial charge in [-0.25, -0.2) is 4.79 Å². The fourth-order valence-corrected chi connectivity index (χ4v) is 3.70. The lowest BCUT2D eigenvalue weighted by Gasteiger charge is -2.36. The molecule has 1 saturated heterocycles. The van der Waals surface area contributed by atoms with Crippen molar-refractivity contribution in [3.05, 3.63) is 0 Å². The molecule has 6 nitrogen and oxygen atoms in total. The van der Waals surface area contributed by atoms with E-state index in [0.29, 0.717) is 26.4 Å². The smallest absolute Gasteiger partial charge is 0.412 e. The predicted molar refractivity (Wildman–Crippen MR) is 110 cm³/mol. The Kier molecular flexibility index (Phi) is 7.96. The lowest BCUT2D eigenvalue weighted by atomic mass is 10.2. The third kappa shape index (κ3) is 7.36. The van der Waals surface area contributed by atoms with Gasteiger partial charge in [-0.1, -0.05) is 20.8 Å². The highest BCUT2D eigenvalue weighted by Crippen LogP contribution is 2.36. The fourth-order valence-electron chi connectivity index (χ4n) is 2.61. The molecule has 1 aliphatic rings. The summed E-state index contributed by atoms with van der Waals surface area (Å²) in [7, 11) is -1.70. The molecule has 0 radical (unpaired) electrons. The molecular formula is C20H41NO5Si. The van der Waals surface area contributed by atoms with Crippen LogP contribution in [0.3, 0.4) is 0 Å². The van der Waals surface area contributed by atoms with E-state index < -0.39 is 19.6 Å². The highest BCUT2D eigenvalue weighted by molar-refractivity contribution is 6.74. The van der Waals surface area contributed by atoms with Gasteiger partial charge in [-0.15, -0.1) is 0 Å². The van der Waals surface area contributed by atoms with Crippen LogP contribution in [0.4, 0.5) is 4.79 Å². The molecule has 7 heteroatoms. The summed E-state index contributed by atoms with van der Waals surface area (Å²) in [6.07, 6.45) is 0.482. The number of carbonyl (C=O) groups is 1. The first-order chi connectivity index (χ1) is 12.1. The van der Waals surface area contributed by atoms with Gasteiger partial charge in [0.05, 0.1) is 19.3 Å². The van der Waals surface area contributed by atoms with E-state index in [1.807, 2.05) is 34.6 Å². The minimum absolute atomic E-state index is 0.142. The average Bonchev–Trinajstić information content (AvgIpc) is 2.74. The SMILES string of the molecule is CC(C)(C)OC(=O)N1[C@H](COCCCO[Si](C)(C)C(C)(C)C)COC1(C)C. The molecule has 0 aromatic rings. The van der Waals surface area contributed by atoms with Gasteiger partial charge < -0.3 is 18.6 Å². The lowest BCUT2D eigenvalue weighted by Crippen LogP contribution is -2.51. The minimum Gasteiger partial charge on any atom is -0.444 e. The van der Waals surface area contributed by atoms with E-state index in [1.54, 1.807) is 4.90 Å². The summed E-state index contributed by atoms with van der Waals surface area (Å²) in [5, 5.41) is 0.217. The van der Waals surface area contributed by atoms with E-state index in [1.165, 1.54) is 0 Å². The Labute approximate surface area is 167 Å². The van der Waals surface area contributed by atoms with Crippen LogP contribution in [0, 0.1) is 0 Å². The van der Waals surface area contributed by atoms with E-state index in [9.17, 15) is 4.79 Å². The number of hydrogen-bond donors (Lipinski definition) is 0. The maximum atomic E-state index is 12.6. The van der Waals surface area contributed by atoms with Crippen LogP contribution in [-0.2, 0) is 18.6 Å². The van der Waals surface area contributed by atoms with Crippen LogP contribution in [0.2, 0.25) is 18.1 Å². The Balaban J connectivity index is 2.44. The number of carbonyl (C=O) groups excluding carboxylic acids is 1. The Hall–Kier alpha value is -0.633. The first-order valence-electron chi connectivity index (χ1n) is 9.95. The van der Waals surface area contributed by atoms with E-state index in [4.69, 9.17) is 18.6 Å². The van der Waals surface area contributed by atoms with Crippen molar-refractivity contribution in [1.29, 1.82) is 0 Å². The molecule has 0 aromatic carbocycles. The second kappa shape index (κ2) is 8.80. The fraction of sp³-hybridized carbons (Fsp3) is 0.950. The van der Waals surface area contributed by atoms with Crippen LogP contribution in [0.5, 0.6) is 0 Å². The zero-order valence-electron chi connectivity index (χ0n) is 19.1. The topological polar surface area (TPSA) is 57.2 Å². The van der Waals surface area contributed by atoms with Gasteiger partial charge in [-0.05, 0) is 59.2 Å². The zero-order valence-corrected chi connectivity index (χ0v) is 20.1. The molecule has 0 bridgehead atoms. The molecule has 0 spiro atoms. The molecule has 0 saturated carbocycles. The first-order valence-corrected chi connectivity index (χ1v) is 12.9. The number of hydrogen-bond acceptors (Lipinski definition) is 5. The molecule has 1 rings (SSSR count). The normalized spacial score (nSPS) is 20.8. The third-order valence-electron chi connectivity index (χ3n) is 5.18. The van der Waals surface area contributed by atoms with E-state index in [0.717, 1.165) is 6.42 Å². The van der Waals surface area contributed by atoms with Gasteiger partial charge in [0.25, 0.3) is 0 Å². The quantitative estimate of drug-likeness (QED) is 0.452. The van der Waals surface area contributed by atoms with E-state index in [2.05, 4.69) is 33.9 Å². The summed E-state index contributed by atoms with van der Waals surface area (Å²) in [6, 6.07) is -0.142. The summed E-state index contributed by atoms with van der Waals surface area (Å²) in [5.41, 5.74) is -1.23. The molecule has 0 unspecified atom stereocenters. The minimum atomic E-state index is -1.70. The summed E-state index contributed by atoms with van der Waals surface area (Å²) in [5.74, 6) is 0. The molecule has 0 aliphatic carbocycles. The Bertz CT molecular complexity index is 494. The summed E-state index contributed by atoms with van der Waals surface area (Å²) >= 11 is 0. The second-order valence-electron chi connectivity index (χ2n) is 10.3. The molecule has 0 N–H and O–H groups in total. The summed E-state index contributed by atoms with van der Waals surface area (Å²) in [4.78, 5) is 14.2. The van der Waals surface area contributed by atoms with Crippen molar-refractivity contribution in [3.8, 4) is 0 Å². The molecule has 1 atom stereocenters. The van der Waals surface area contributed by atoms with Crippen LogP contribution < -0.4 is 0 Å². The average molecular weight is 404 g/mol. The molecule has 0 aromatic heterocycles. The largest absolute Gasteiger partial charge is 0.444 e. The van der Waals surface area contributed by atoms with E-state index in [-0.39, 0.29) is 17.2 Å². The third-order valence-corrected chi connectivity index (χ3v) is 9.71. The van der Waals surface area contributed by atoms with Crippen molar-refractivity contribution in [2.75, 3.05) is 26.4 Å². The summed E-state index contributed by atoms with van der Waals surface area (Å²) < 4.78 is 23.3. The van der Waals surface area contributed by atoms with Gasteiger partial charge >= 0.3 is 6.09 Å². The molecule has 1 aliphatic heterocycles. The van der Waals surface area contributed by atoms with Gasteiger partial charge in [0.2, 0.25) is 0 Å². The van der Waals surface area contributed by atoms with Crippen molar-refractivity contribution in [1.82, 2.24) is 4.90 Å². The van der Waals surface area contributed by atoms with Crippen molar-refractivity contribution in [3.63, 3.8) is 0 Å². The van der Waals surface area contributed by atoms with Crippen molar-refractivity contribution in [2.24, 2.45) is 0 Å². The Morgan fingerprint density at radius 3 is 2.26 bits per heavy atom. The number of amides is 1. The van der Waals surface area contributed by atoms with Gasteiger partial charge in [0.15, 0.2) is 8.32 Å². The first kappa shape index (κ1) is 24.4. The molecule has 160 valence electrons. The van der Waals surface area contributed by atoms with Gasteiger partial charge in [0.1, 0.15) is 11.3 Å². The van der Waals surface area contributed by atoms with Crippen LogP contribution in [-0.4, -0.2) is 63.1 Å². The Morgan fingerprint density at radius 2 is 1.74 bits per heavy atom. The van der Waals surface area contributed by atoms with Gasteiger partial charge in [-0.2, -0.15) is 0 Å². The van der Waals surface area contributed by atoms with Gasteiger partial charge in [-0.3, -0.25) is 4.90 Å². The maximum absolute atomic E-state index is 12.6. The molecule has 27 heavy (non-hydrogen) atoms. The maximum Gasteiger partial charge on any atom is 0.412 e. The lowest BCUT2D eigenvalue weighted by molar-refractivity contribution is -0.0656. The van der Waals surface area contributed by atoms with Crippen molar-refractivity contribution < 1.29 is 23.4 Å². The monoisotopic (exact) mass is 403 g/mol. The molecule has 1 heterocycles. The highest BCUT2D eigenvalue weighted by atomic mass is 28.4. The van der Waals surface area contributed by atoms with Crippen molar-refractivity contribution in [2.45, 2.75) is 97.3 Å². The second-order valence-corrected chi connectivity index (χ2v) is 15.1. The number of ether oxygens (including phenoxy) is 3. The summed E-state index contributed by atoms with van der Waals surface area (Å²) in [6.45, 7) is 22.8. The van der Waals surface area contributed by atoms with Crippen LogP contribution >= 0.6 is 0 Å². The Morgan fingerprint density at radius 1 is 1.15 bits per heavy atom. The zero-order chi connectivity index (χ0) is 21.1.